The number of nitrogens with two attached hydrogens (primary N) is 1. The van der Waals surface area contributed by atoms with Gasteiger partial charge in [-0.15, -0.1) is 0 Å². The van der Waals surface area contributed by atoms with Crippen LogP contribution in [0.1, 0.15) is 24.8 Å². The molecule has 19 heavy (non-hydrogen) atoms. The summed E-state index contributed by atoms with van der Waals surface area (Å²) in [5.74, 6) is 6.55. The van der Waals surface area contributed by atoms with Crippen LogP contribution in [0.5, 0.6) is 5.75 Å². The third kappa shape index (κ3) is 2.87. The van der Waals surface area contributed by atoms with Crippen LogP contribution in [-0.4, -0.2) is 25.9 Å². The van der Waals surface area contributed by atoms with E-state index in [2.05, 4.69) is 5.43 Å². The van der Waals surface area contributed by atoms with Gasteiger partial charge in [-0.25, -0.2) is 0 Å². The first-order chi connectivity index (χ1) is 9.15. The number of hydrogen-bond acceptors (Lipinski definition) is 4. The van der Waals surface area contributed by atoms with Crippen LogP contribution in [0, 0.1) is 0 Å². The van der Waals surface area contributed by atoms with Crippen molar-refractivity contribution < 1.29 is 9.47 Å². The smallest absolute Gasteiger partial charge is 0.122 e. The standard InChI is InChI=1S/C14H21ClN2O2/c1-18-12-5-4-11(15)8-10(12)9-13(17-16)14(19-2)6-3-7-14/h4-5,8,13,17H,3,6-7,9,16H2,1-2H3. The first-order valence-electron chi connectivity index (χ1n) is 6.49. The summed E-state index contributed by atoms with van der Waals surface area (Å²) in [6.07, 6.45) is 3.97. The highest BCUT2D eigenvalue weighted by molar-refractivity contribution is 6.30. The van der Waals surface area contributed by atoms with E-state index in [1.54, 1.807) is 14.2 Å². The summed E-state index contributed by atoms with van der Waals surface area (Å²) in [6, 6.07) is 5.68. The Hall–Kier alpha value is -0.810. The average Bonchev–Trinajstić information content (AvgIpc) is 2.37. The molecule has 0 aliphatic heterocycles. The third-order valence-electron chi connectivity index (χ3n) is 4.11. The molecule has 1 aliphatic carbocycles. The number of methoxy groups -OCH3 is 2. The van der Waals surface area contributed by atoms with Gasteiger partial charge in [0.15, 0.2) is 0 Å². The highest BCUT2D eigenvalue weighted by atomic mass is 35.5. The summed E-state index contributed by atoms with van der Waals surface area (Å²) < 4.78 is 11.1. The normalized spacial score (nSPS) is 18.7. The Morgan fingerprint density at radius 1 is 1.42 bits per heavy atom. The van der Waals surface area contributed by atoms with Gasteiger partial charge in [-0.05, 0) is 49.4 Å². The van der Waals surface area contributed by atoms with Crippen molar-refractivity contribution >= 4 is 11.6 Å². The van der Waals surface area contributed by atoms with Gasteiger partial charge in [0.05, 0.1) is 18.8 Å². The highest BCUT2D eigenvalue weighted by Gasteiger charge is 2.44. The van der Waals surface area contributed by atoms with Crippen molar-refractivity contribution in [2.75, 3.05) is 14.2 Å². The summed E-state index contributed by atoms with van der Waals surface area (Å²) in [5.41, 5.74) is 3.77. The zero-order valence-electron chi connectivity index (χ0n) is 11.4. The molecule has 1 aliphatic rings. The molecule has 1 aromatic rings. The van der Waals surface area contributed by atoms with E-state index < -0.39 is 0 Å². The maximum Gasteiger partial charge on any atom is 0.122 e. The molecule has 0 aromatic heterocycles. The molecular formula is C14H21ClN2O2. The van der Waals surface area contributed by atoms with Crippen LogP contribution in [0.4, 0.5) is 0 Å². The molecule has 3 N–H and O–H groups in total. The number of benzene rings is 1. The zero-order chi connectivity index (χ0) is 13.9. The molecular weight excluding hydrogens is 264 g/mol. The van der Waals surface area contributed by atoms with E-state index in [1.807, 2.05) is 18.2 Å². The van der Waals surface area contributed by atoms with Gasteiger partial charge in [0.2, 0.25) is 0 Å². The number of nitrogens with one attached hydrogen (secondary N) is 1. The van der Waals surface area contributed by atoms with Crippen molar-refractivity contribution in [1.82, 2.24) is 5.43 Å². The number of halogens is 1. The van der Waals surface area contributed by atoms with E-state index in [-0.39, 0.29) is 11.6 Å². The second-order valence-corrected chi connectivity index (χ2v) is 5.44. The van der Waals surface area contributed by atoms with Gasteiger partial charge in [-0.3, -0.25) is 11.3 Å². The number of rotatable bonds is 6. The van der Waals surface area contributed by atoms with Gasteiger partial charge in [-0.1, -0.05) is 11.6 Å². The van der Waals surface area contributed by atoms with Crippen molar-refractivity contribution in [3.05, 3.63) is 28.8 Å². The number of hydrogen-bond donors (Lipinski definition) is 2. The van der Waals surface area contributed by atoms with Crippen LogP contribution in [0.3, 0.4) is 0 Å². The van der Waals surface area contributed by atoms with Gasteiger partial charge >= 0.3 is 0 Å². The lowest BCUT2D eigenvalue weighted by Crippen LogP contribution is -2.59. The fourth-order valence-electron chi connectivity index (χ4n) is 2.74. The molecule has 1 aromatic carbocycles. The van der Waals surface area contributed by atoms with Crippen LogP contribution < -0.4 is 16.0 Å². The number of ether oxygens (including phenoxy) is 2. The first-order valence-corrected chi connectivity index (χ1v) is 6.86. The SMILES string of the molecule is COc1ccc(Cl)cc1CC(NN)C1(OC)CCC1. The number of hydrazine groups is 1. The summed E-state index contributed by atoms with van der Waals surface area (Å²) in [6.45, 7) is 0. The Balaban J connectivity index is 2.20. The minimum Gasteiger partial charge on any atom is -0.496 e. The van der Waals surface area contributed by atoms with Crippen molar-refractivity contribution in [1.29, 1.82) is 0 Å². The lowest BCUT2D eigenvalue weighted by atomic mass is 9.73. The van der Waals surface area contributed by atoms with Crippen LogP contribution in [0.2, 0.25) is 5.02 Å². The lowest BCUT2D eigenvalue weighted by Gasteiger charge is -2.46. The van der Waals surface area contributed by atoms with E-state index in [4.69, 9.17) is 26.9 Å². The van der Waals surface area contributed by atoms with Crippen molar-refractivity contribution in [2.24, 2.45) is 5.84 Å². The van der Waals surface area contributed by atoms with Gasteiger partial charge in [0.25, 0.3) is 0 Å². The minimum atomic E-state index is -0.165. The molecule has 0 radical (unpaired) electrons. The predicted octanol–water partition coefficient (Wildman–Crippen LogP) is 2.29. The summed E-state index contributed by atoms with van der Waals surface area (Å²) in [4.78, 5) is 0. The quantitative estimate of drug-likeness (QED) is 0.622. The molecule has 2 rings (SSSR count). The summed E-state index contributed by atoms with van der Waals surface area (Å²) in [7, 11) is 3.41. The van der Waals surface area contributed by atoms with E-state index in [9.17, 15) is 0 Å². The van der Waals surface area contributed by atoms with Crippen LogP contribution in [0.25, 0.3) is 0 Å². The van der Waals surface area contributed by atoms with E-state index in [0.29, 0.717) is 5.02 Å². The maximum atomic E-state index is 6.06. The molecule has 1 saturated carbocycles. The maximum absolute atomic E-state index is 6.06. The van der Waals surface area contributed by atoms with Crippen LogP contribution >= 0.6 is 11.6 Å². The van der Waals surface area contributed by atoms with Crippen molar-refractivity contribution in [2.45, 2.75) is 37.3 Å². The van der Waals surface area contributed by atoms with E-state index in [1.165, 1.54) is 6.42 Å². The Bertz CT molecular complexity index is 430. The molecule has 4 nitrogen and oxygen atoms in total. The Kier molecular flexibility index (Phi) is 4.68. The minimum absolute atomic E-state index is 0.0543. The second-order valence-electron chi connectivity index (χ2n) is 5.00. The summed E-state index contributed by atoms with van der Waals surface area (Å²) >= 11 is 6.06. The largest absolute Gasteiger partial charge is 0.496 e. The molecule has 0 heterocycles. The average molecular weight is 285 g/mol. The Morgan fingerprint density at radius 2 is 2.16 bits per heavy atom. The Labute approximate surface area is 119 Å². The molecule has 0 bridgehead atoms. The molecule has 1 unspecified atom stereocenters. The van der Waals surface area contributed by atoms with E-state index in [0.717, 1.165) is 30.6 Å². The predicted molar refractivity (Wildman–Crippen MR) is 76.4 cm³/mol. The second kappa shape index (κ2) is 6.09. The molecule has 0 saturated heterocycles. The van der Waals surface area contributed by atoms with Crippen LogP contribution in [-0.2, 0) is 11.2 Å². The fraction of sp³-hybridized carbons (Fsp3) is 0.571. The first kappa shape index (κ1) is 14.6. The van der Waals surface area contributed by atoms with Crippen molar-refractivity contribution in [3.63, 3.8) is 0 Å². The summed E-state index contributed by atoms with van der Waals surface area (Å²) in [5, 5.41) is 0.701. The van der Waals surface area contributed by atoms with Gasteiger partial charge in [0, 0.05) is 12.1 Å². The fourth-order valence-corrected chi connectivity index (χ4v) is 2.94. The molecule has 0 amide bonds. The van der Waals surface area contributed by atoms with Gasteiger partial charge in [0.1, 0.15) is 5.75 Å². The Morgan fingerprint density at radius 3 is 2.63 bits per heavy atom. The topological polar surface area (TPSA) is 56.5 Å². The highest BCUT2D eigenvalue weighted by Crippen LogP contribution is 2.39. The van der Waals surface area contributed by atoms with Crippen LogP contribution in [0.15, 0.2) is 18.2 Å². The molecule has 5 heteroatoms. The zero-order valence-corrected chi connectivity index (χ0v) is 12.2. The third-order valence-corrected chi connectivity index (χ3v) is 4.34. The monoisotopic (exact) mass is 284 g/mol. The van der Waals surface area contributed by atoms with Gasteiger partial charge in [-0.2, -0.15) is 0 Å². The van der Waals surface area contributed by atoms with E-state index >= 15 is 0 Å². The molecule has 1 atom stereocenters. The van der Waals surface area contributed by atoms with Crippen molar-refractivity contribution in [3.8, 4) is 5.75 Å². The van der Waals surface area contributed by atoms with Gasteiger partial charge < -0.3 is 9.47 Å². The molecule has 106 valence electrons. The lowest BCUT2D eigenvalue weighted by molar-refractivity contribution is -0.0982. The molecule has 1 fully saturated rings. The molecule has 0 spiro atoms.